The minimum Gasteiger partial charge on any atom is -0.494 e. The van der Waals surface area contributed by atoms with Crippen LogP contribution in [-0.2, 0) is 4.79 Å². The van der Waals surface area contributed by atoms with Crippen LogP contribution >= 0.6 is 11.6 Å². The highest BCUT2D eigenvalue weighted by atomic mass is 35.5. The third-order valence-corrected chi connectivity index (χ3v) is 3.73. The van der Waals surface area contributed by atoms with Crippen LogP contribution in [0.5, 0.6) is 5.75 Å². The van der Waals surface area contributed by atoms with Crippen molar-refractivity contribution in [2.24, 2.45) is 5.92 Å². The molecule has 0 saturated heterocycles. The Morgan fingerprint density at radius 2 is 1.96 bits per heavy atom. The fraction of sp³-hybridized carbons (Fsp3) is 0.316. The predicted molar refractivity (Wildman–Crippen MR) is 100.0 cm³/mol. The number of carbonyl (C=O) groups excluding carboxylic acids is 1. The molecule has 1 amide bonds. The van der Waals surface area contributed by atoms with Gasteiger partial charge in [-0.25, -0.2) is 0 Å². The number of benzene rings is 2. The van der Waals surface area contributed by atoms with E-state index in [0.29, 0.717) is 23.2 Å². The van der Waals surface area contributed by atoms with E-state index < -0.39 is 0 Å². The molecule has 0 unspecified atom stereocenters. The lowest BCUT2D eigenvalue weighted by Gasteiger charge is -2.11. The summed E-state index contributed by atoms with van der Waals surface area (Å²) in [4.78, 5) is 12.0. The lowest BCUT2D eigenvalue weighted by atomic mass is 10.1. The van der Waals surface area contributed by atoms with E-state index >= 15 is 0 Å². The minimum absolute atomic E-state index is 0.153. The molecule has 2 N–H and O–H groups in total. The summed E-state index contributed by atoms with van der Waals surface area (Å²) in [5.41, 5.74) is 1.45. The van der Waals surface area contributed by atoms with Gasteiger partial charge in [-0.2, -0.15) is 0 Å². The first-order valence-electron chi connectivity index (χ1n) is 8.05. The van der Waals surface area contributed by atoms with Crippen molar-refractivity contribution in [1.29, 1.82) is 0 Å². The number of para-hydroxylation sites is 1. The number of amides is 1. The summed E-state index contributed by atoms with van der Waals surface area (Å²) in [6.45, 7) is 5.17. The standard InChI is InChI=1S/C19H23ClN2O2/c1-14(2)10-11-24-16-7-5-6-15(12-16)21-13-19(23)22-18-9-4-3-8-17(18)20/h3-9,12,14,21H,10-11,13H2,1-2H3,(H,22,23). The van der Waals surface area contributed by atoms with Gasteiger partial charge >= 0.3 is 0 Å². The Morgan fingerprint density at radius 1 is 1.17 bits per heavy atom. The SMILES string of the molecule is CC(C)CCOc1cccc(NCC(=O)Nc2ccccc2Cl)c1. The zero-order valence-corrected chi connectivity index (χ0v) is 14.8. The largest absolute Gasteiger partial charge is 0.494 e. The van der Waals surface area contributed by atoms with Gasteiger partial charge in [0.05, 0.1) is 23.9 Å². The summed E-state index contributed by atoms with van der Waals surface area (Å²) in [5.74, 6) is 1.25. The Bertz CT molecular complexity index is 674. The lowest BCUT2D eigenvalue weighted by Crippen LogP contribution is -2.21. The molecule has 2 rings (SSSR count). The Kier molecular flexibility index (Phi) is 6.94. The van der Waals surface area contributed by atoms with Crippen molar-refractivity contribution in [3.63, 3.8) is 0 Å². The Morgan fingerprint density at radius 3 is 2.71 bits per heavy atom. The Hall–Kier alpha value is -2.20. The third kappa shape index (κ3) is 6.13. The number of anilines is 2. The molecule has 0 saturated carbocycles. The van der Waals surface area contributed by atoms with Gasteiger partial charge in [0.1, 0.15) is 5.75 Å². The summed E-state index contributed by atoms with van der Waals surface area (Å²) < 4.78 is 5.72. The van der Waals surface area contributed by atoms with Crippen LogP contribution in [0.25, 0.3) is 0 Å². The first-order valence-corrected chi connectivity index (χ1v) is 8.43. The Balaban J connectivity index is 1.83. The molecule has 0 radical (unpaired) electrons. The van der Waals surface area contributed by atoms with Crippen LogP contribution in [0.2, 0.25) is 5.02 Å². The molecule has 0 aromatic heterocycles. The van der Waals surface area contributed by atoms with Crippen LogP contribution in [0.15, 0.2) is 48.5 Å². The Labute approximate surface area is 148 Å². The molecule has 0 heterocycles. The van der Waals surface area contributed by atoms with Gasteiger partial charge < -0.3 is 15.4 Å². The number of hydrogen-bond acceptors (Lipinski definition) is 3. The average molecular weight is 347 g/mol. The molecule has 2 aromatic carbocycles. The topological polar surface area (TPSA) is 50.4 Å². The highest BCUT2D eigenvalue weighted by molar-refractivity contribution is 6.33. The second-order valence-electron chi connectivity index (χ2n) is 5.94. The molecule has 0 aliphatic heterocycles. The second-order valence-corrected chi connectivity index (χ2v) is 6.35. The summed E-state index contributed by atoms with van der Waals surface area (Å²) in [6, 6.07) is 14.8. The van der Waals surface area contributed by atoms with E-state index in [4.69, 9.17) is 16.3 Å². The van der Waals surface area contributed by atoms with E-state index in [1.165, 1.54) is 0 Å². The van der Waals surface area contributed by atoms with Crippen molar-refractivity contribution >= 4 is 28.9 Å². The van der Waals surface area contributed by atoms with Crippen molar-refractivity contribution < 1.29 is 9.53 Å². The molecular weight excluding hydrogens is 324 g/mol. The minimum atomic E-state index is -0.158. The van der Waals surface area contributed by atoms with Gasteiger partial charge in [0.25, 0.3) is 0 Å². The summed E-state index contributed by atoms with van der Waals surface area (Å²) in [6.07, 6.45) is 1.01. The van der Waals surface area contributed by atoms with Crippen LogP contribution in [0.4, 0.5) is 11.4 Å². The summed E-state index contributed by atoms with van der Waals surface area (Å²) in [7, 11) is 0. The molecule has 0 atom stereocenters. The van der Waals surface area contributed by atoms with Gasteiger partial charge in [-0.1, -0.05) is 43.6 Å². The van der Waals surface area contributed by atoms with Gasteiger partial charge in [0.15, 0.2) is 0 Å². The van der Waals surface area contributed by atoms with E-state index in [1.54, 1.807) is 12.1 Å². The van der Waals surface area contributed by atoms with E-state index in [2.05, 4.69) is 24.5 Å². The fourth-order valence-electron chi connectivity index (χ4n) is 2.05. The first kappa shape index (κ1) is 18.1. The first-order chi connectivity index (χ1) is 11.5. The van der Waals surface area contributed by atoms with Crippen LogP contribution < -0.4 is 15.4 Å². The molecule has 0 aliphatic rings. The molecule has 24 heavy (non-hydrogen) atoms. The van der Waals surface area contributed by atoms with Crippen LogP contribution in [0, 0.1) is 5.92 Å². The number of nitrogens with one attached hydrogen (secondary N) is 2. The number of carbonyl (C=O) groups is 1. The van der Waals surface area contributed by atoms with E-state index in [0.717, 1.165) is 17.9 Å². The van der Waals surface area contributed by atoms with E-state index in [9.17, 15) is 4.79 Å². The lowest BCUT2D eigenvalue weighted by molar-refractivity contribution is -0.114. The molecule has 0 bridgehead atoms. The van der Waals surface area contributed by atoms with Gasteiger partial charge in [0, 0.05) is 11.8 Å². The number of hydrogen-bond donors (Lipinski definition) is 2. The molecule has 0 aliphatic carbocycles. The van der Waals surface area contributed by atoms with Gasteiger partial charge in [-0.05, 0) is 36.6 Å². The monoisotopic (exact) mass is 346 g/mol. The quantitative estimate of drug-likeness (QED) is 0.720. The van der Waals surface area contributed by atoms with Gasteiger partial charge in [-0.15, -0.1) is 0 Å². The zero-order valence-electron chi connectivity index (χ0n) is 14.0. The van der Waals surface area contributed by atoms with Crippen molar-refractivity contribution in [3.05, 3.63) is 53.6 Å². The molecule has 2 aromatic rings. The highest BCUT2D eigenvalue weighted by Crippen LogP contribution is 2.21. The summed E-state index contributed by atoms with van der Waals surface area (Å²) >= 11 is 6.03. The maximum absolute atomic E-state index is 12.0. The van der Waals surface area contributed by atoms with Crippen LogP contribution in [0.1, 0.15) is 20.3 Å². The number of ether oxygens (including phenoxy) is 1. The van der Waals surface area contributed by atoms with Crippen molar-refractivity contribution in [3.8, 4) is 5.75 Å². The molecule has 5 heteroatoms. The van der Waals surface area contributed by atoms with Gasteiger partial charge in [-0.3, -0.25) is 4.79 Å². The van der Waals surface area contributed by atoms with Crippen molar-refractivity contribution in [1.82, 2.24) is 0 Å². The number of rotatable bonds is 8. The second kappa shape index (κ2) is 9.18. The normalized spacial score (nSPS) is 10.5. The third-order valence-electron chi connectivity index (χ3n) is 3.40. The maximum Gasteiger partial charge on any atom is 0.243 e. The highest BCUT2D eigenvalue weighted by Gasteiger charge is 2.05. The van der Waals surface area contributed by atoms with E-state index in [1.807, 2.05) is 36.4 Å². The number of halogens is 1. The van der Waals surface area contributed by atoms with Crippen LogP contribution in [-0.4, -0.2) is 19.1 Å². The average Bonchev–Trinajstić information content (AvgIpc) is 2.55. The smallest absolute Gasteiger partial charge is 0.243 e. The maximum atomic E-state index is 12.0. The van der Waals surface area contributed by atoms with Crippen molar-refractivity contribution in [2.45, 2.75) is 20.3 Å². The molecule has 128 valence electrons. The molecule has 0 fully saturated rings. The fourth-order valence-corrected chi connectivity index (χ4v) is 2.23. The van der Waals surface area contributed by atoms with Crippen LogP contribution in [0.3, 0.4) is 0 Å². The van der Waals surface area contributed by atoms with Gasteiger partial charge in [0.2, 0.25) is 5.91 Å². The summed E-state index contributed by atoms with van der Waals surface area (Å²) in [5, 5.41) is 6.39. The molecule has 0 spiro atoms. The predicted octanol–water partition coefficient (Wildman–Crippen LogP) is 4.82. The van der Waals surface area contributed by atoms with E-state index in [-0.39, 0.29) is 12.5 Å². The van der Waals surface area contributed by atoms with Crippen molar-refractivity contribution in [2.75, 3.05) is 23.8 Å². The molecule has 4 nitrogen and oxygen atoms in total. The zero-order chi connectivity index (χ0) is 17.4. The molecular formula is C19H23ClN2O2.